The lowest BCUT2D eigenvalue weighted by Gasteiger charge is -2.43. The minimum atomic E-state index is -2.92. The third-order valence-corrected chi connectivity index (χ3v) is 4.20. The summed E-state index contributed by atoms with van der Waals surface area (Å²) >= 11 is 0. The summed E-state index contributed by atoms with van der Waals surface area (Å²) in [5, 5.41) is 12.4. The molecule has 0 aliphatic heterocycles. The Balaban J connectivity index is 6.50. The lowest BCUT2D eigenvalue weighted by Crippen LogP contribution is -2.68. The highest BCUT2D eigenvalue weighted by Crippen LogP contribution is 2.41. The van der Waals surface area contributed by atoms with Crippen LogP contribution in [-0.4, -0.2) is 48.9 Å². The van der Waals surface area contributed by atoms with E-state index in [2.05, 4.69) is 4.89 Å². The Morgan fingerprint density at radius 3 is 1.31 bits per heavy atom. The van der Waals surface area contributed by atoms with Crippen molar-refractivity contribution < 1.29 is 59.0 Å². The topological polar surface area (TPSA) is 121 Å². The molecule has 1 radical (unpaired) electrons. The summed E-state index contributed by atoms with van der Waals surface area (Å²) in [6.45, 7) is 18.0. The minimum Gasteiger partial charge on any atom is -0.236 e. The van der Waals surface area contributed by atoms with Crippen LogP contribution >= 0.6 is 0 Å². The number of hydrogen-bond acceptors (Lipinski definition) is 11. The summed E-state index contributed by atoms with van der Waals surface area (Å²) in [5.41, 5.74) is -1.84. The fourth-order valence-corrected chi connectivity index (χ4v) is 2.16. The van der Waals surface area contributed by atoms with E-state index in [1.165, 1.54) is 6.92 Å². The summed E-state index contributed by atoms with van der Waals surface area (Å²) in [7, 11) is 0. The first-order valence-corrected chi connectivity index (χ1v) is 12.8. The fourth-order valence-electron chi connectivity index (χ4n) is 2.16. The Bertz CT molecular complexity index is 502. The van der Waals surface area contributed by atoms with Crippen molar-refractivity contribution in [3.05, 3.63) is 0 Å². The van der Waals surface area contributed by atoms with E-state index in [0.717, 1.165) is 25.7 Å². The largest absolute Gasteiger partial charge is 0.430 e. The molecule has 36 heavy (non-hydrogen) atoms. The van der Waals surface area contributed by atoms with E-state index in [1.54, 1.807) is 41.5 Å². The van der Waals surface area contributed by atoms with Crippen LogP contribution in [-0.2, 0) is 59.0 Å². The SMILES string of the molecule is CCCCOOC(C)C(OOCCCC)(OOCCCC)C(O[O])(OOC(C)(C)C)OOC(C)(C)C. The van der Waals surface area contributed by atoms with Crippen LogP contribution in [0.25, 0.3) is 0 Å². The molecule has 0 aromatic carbocycles. The van der Waals surface area contributed by atoms with Gasteiger partial charge in [0.25, 0.3) is 0 Å². The van der Waals surface area contributed by atoms with Crippen molar-refractivity contribution >= 4 is 0 Å². The van der Waals surface area contributed by atoms with Gasteiger partial charge >= 0.3 is 11.8 Å². The molecule has 0 saturated heterocycles. The van der Waals surface area contributed by atoms with Gasteiger partial charge in [0.1, 0.15) is 0 Å². The van der Waals surface area contributed by atoms with Crippen molar-refractivity contribution in [2.45, 2.75) is 137 Å². The molecule has 0 aromatic rings. The number of unbranched alkanes of at least 4 members (excludes halogenated alkanes) is 3. The first-order valence-electron chi connectivity index (χ1n) is 12.8. The third-order valence-electron chi connectivity index (χ3n) is 4.20. The average Bonchev–Trinajstić information content (AvgIpc) is 2.80. The van der Waals surface area contributed by atoms with Gasteiger partial charge in [0.15, 0.2) is 6.10 Å². The minimum absolute atomic E-state index is 0.134. The van der Waals surface area contributed by atoms with Crippen LogP contribution in [0.2, 0.25) is 0 Å². The van der Waals surface area contributed by atoms with E-state index in [0.29, 0.717) is 12.8 Å². The maximum atomic E-state index is 12.4. The predicted molar refractivity (Wildman–Crippen MR) is 126 cm³/mol. The van der Waals surface area contributed by atoms with Crippen LogP contribution in [0.4, 0.5) is 0 Å². The first kappa shape index (κ1) is 35.5. The Morgan fingerprint density at radius 1 is 0.583 bits per heavy atom. The van der Waals surface area contributed by atoms with E-state index in [4.69, 9.17) is 48.9 Å². The Labute approximate surface area is 216 Å². The monoisotopic (exact) mass is 529 g/mol. The highest BCUT2D eigenvalue weighted by atomic mass is 17.4. The molecule has 12 heteroatoms. The molecular formula is C24H49O12. The van der Waals surface area contributed by atoms with Gasteiger partial charge in [0, 0.05) is 0 Å². The summed E-state index contributed by atoms with van der Waals surface area (Å²) in [5.74, 6) is -5.43. The Morgan fingerprint density at radius 2 is 0.972 bits per heavy atom. The van der Waals surface area contributed by atoms with Crippen molar-refractivity contribution in [1.82, 2.24) is 0 Å². The second-order valence-corrected chi connectivity index (χ2v) is 10.3. The van der Waals surface area contributed by atoms with Crippen LogP contribution in [0.15, 0.2) is 0 Å². The molecule has 217 valence electrons. The smallest absolute Gasteiger partial charge is 0.236 e. The molecule has 0 fully saturated rings. The maximum absolute atomic E-state index is 12.4. The summed E-state index contributed by atoms with van der Waals surface area (Å²) in [6, 6.07) is 0. The van der Waals surface area contributed by atoms with Crippen LogP contribution in [0, 0.1) is 0 Å². The predicted octanol–water partition coefficient (Wildman–Crippen LogP) is 5.83. The molecule has 0 saturated carbocycles. The standard InChI is InChI=1S/C24H49O12/c1-11-14-17-26-29-20(4)23(33-27-18-15-12-2,34-28-19-16-13-3)24(30-25,35-31-21(5,6)7)36-32-22(8,9)10/h20H,11-19H2,1-10H3. The summed E-state index contributed by atoms with van der Waals surface area (Å²) < 4.78 is 0. The molecule has 0 amide bonds. The molecule has 0 spiro atoms. The van der Waals surface area contributed by atoms with E-state index in [-0.39, 0.29) is 19.8 Å². The second kappa shape index (κ2) is 17.9. The van der Waals surface area contributed by atoms with Gasteiger partial charge in [-0.1, -0.05) is 40.0 Å². The van der Waals surface area contributed by atoms with E-state index >= 15 is 0 Å². The summed E-state index contributed by atoms with van der Waals surface area (Å²) in [4.78, 5) is 59.0. The van der Waals surface area contributed by atoms with Crippen molar-refractivity contribution in [3.8, 4) is 0 Å². The summed E-state index contributed by atoms with van der Waals surface area (Å²) in [6.07, 6.45) is 3.18. The van der Waals surface area contributed by atoms with Crippen LogP contribution < -0.4 is 0 Å². The Hall–Kier alpha value is -0.480. The van der Waals surface area contributed by atoms with E-state index < -0.39 is 29.1 Å². The van der Waals surface area contributed by atoms with E-state index in [1.807, 2.05) is 20.8 Å². The van der Waals surface area contributed by atoms with Gasteiger partial charge in [0.2, 0.25) is 0 Å². The van der Waals surface area contributed by atoms with Crippen molar-refractivity contribution in [3.63, 3.8) is 0 Å². The second-order valence-electron chi connectivity index (χ2n) is 10.3. The van der Waals surface area contributed by atoms with Gasteiger partial charge in [-0.3, -0.25) is 0 Å². The molecule has 1 atom stereocenters. The van der Waals surface area contributed by atoms with Gasteiger partial charge < -0.3 is 0 Å². The molecule has 0 heterocycles. The zero-order valence-corrected chi connectivity index (χ0v) is 23.8. The van der Waals surface area contributed by atoms with Crippen LogP contribution in [0.3, 0.4) is 0 Å². The highest BCUT2D eigenvalue weighted by molar-refractivity contribution is 4.85. The van der Waals surface area contributed by atoms with Crippen molar-refractivity contribution in [2.75, 3.05) is 19.8 Å². The van der Waals surface area contributed by atoms with Crippen molar-refractivity contribution in [1.29, 1.82) is 0 Å². The highest BCUT2D eigenvalue weighted by Gasteiger charge is 2.70. The first-order chi connectivity index (χ1) is 16.8. The number of rotatable bonds is 22. The maximum Gasteiger partial charge on any atom is 0.430 e. The zero-order chi connectivity index (χ0) is 27.7. The van der Waals surface area contributed by atoms with Crippen molar-refractivity contribution in [2.24, 2.45) is 0 Å². The van der Waals surface area contributed by atoms with Gasteiger partial charge in [-0.15, -0.1) is 4.89 Å². The average molecular weight is 530 g/mol. The third kappa shape index (κ3) is 13.4. The number of hydrogen-bond donors (Lipinski definition) is 0. The fraction of sp³-hybridized carbons (Fsp3) is 1.00. The van der Waals surface area contributed by atoms with Gasteiger partial charge in [-0.25, -0.2) is 29.3 Å². The lowest BCUT2D eigenvalue weighted by atomic mass is 10.1. The van der Waals surface area contributed by atoms with Crippen LogP contribution in [0.1, 0.15) is 108 Å². The molecule has 0 bridgehead atoms. The van der Waals surface area contributed by atoms with Gasteiger partial charge in [0.05, 0.1) is 31.0 Å². The normalized spacial score (nSPS) is 14.4. The molecule has 0 aliphatic rings. The molecule has 0 aromatic heterocycles. The molecule has 1 unspecified atom stereocenters. The van der Waals surface area contributed by atoms with Crippen LogP contribution in [0.5, 0.6) is 0 Å². The van der Waals surface area contributed by atoms with E-state index in [9.17, 15) is 5.26 Å². The molecule has 12 nitrogen and oxygen atoms in total. The lowest BCUT2D eigenvalue weighted by molar-refractivity contribution is -0.732. The Kier molecular flexibility index (Phi) is 17.7. The van der Waals surface area contributed by atoms with Gasteiger partial charge in [-0.2, -0.15) is 19.6 Å². The molecule has 0 N–H and O–H groups in total. The quantitative estimate of drug-likeness (QED) is 0.0729. The van der Waals surface area contributed by atoms with Gasteiger partial charge in [-0.05, 0) is 73.0 Å². The molecule has 0 aliphatic carbocycles. The molecule has 0 rings (SSSR count). The zero-order valence-electron chi connectivity index (χ0n) is 23.8. The molecular weight excluding hydrogens is 480 g/mol.